The number of nitrogens with one attached hydrogen (secondary N) is 1. The van der Waals surface area contributed by atoms with Crippen LogP contribution in [0.5, 0.6) is 5.75 Å². The lowest BCUT2D eigenvalue weighted by atomic mass is 9.99. The van der Waals surface area contributed by atoms with E-state index in [0.29, 0.717) is 13.1 Å². The molecule has 2 saturated heterocycles. The zero-order valence-electron chi connectivity index (χ0n) is 17.0. The van der Waals surface area contributed by atoms with Crippen LogP contribution in [0.4, 0.5) is 0 Å². The van der Waals surface area contributed by atoms with E-state index in [0.717, 1.165) is 44.6 Å². The van der Waals surface area contributed by atoms with Gasteiger partial charge in [0.25, 0.3) is 0 Å². The maximum atomic E-state index is 12.9. The molecule has 2 heterocycles. The number of benzene rings is 1. The first-order valence-electron chi connectivity index (χ1n) is 10.6. The minimum atomic E-state index is -0.0947. The number of amides is 1. The van der Waals surface area contributed by atoms with Crippen LogP contribution in [0, 0.1) is 12.3 Å². The molecule has 1 aromatic rings. The largest absolute Gasteiger partial charge is 0.497 e. The van der Waals surface area contributed by atoms with Crippen LogP contribution >= 0.6 is 0 Å². The van der Waals surface area contributed by atoms with Gasteiger partial charge in [0.2, 0.25) is 5.91 Å². The predicted molar refractivity (Wildman–Crippen MR) is 112 cm³/mol. The molecule has 1 aromatic carbocycles. The Balaban J connectivity index is 1.68. The highest BCUT2D eigenvalue weighted by molar-refractivity contribution is 5.81. The van der Waals surface area contributed by atoms with E-state index in [1.807, 2.05) is 12.1 Å². The van der Waals surface area contributed by atoms with Crippen molar-refractivity contribution >= 4 is 5.91 Å². The molecule has 2 unspecified atom stereocenters. The van der Waals surface area contributed by atoms with Crippen LogP contribution in [0.3, 0.4) is 0 Å². The van der Waals surface area contributed by atoms with Gasteiger partial charge in [-0.25, -0.2) is 0 Å². The van der Waals surface area contributed by atoms with Gasteiger partial charge in [-0.15, -0.1) is 6.42 Å². The van der Waals surface area contributed by atoms with E-state index >= 15 is 0 Å². The van der Waals surface area contributed by atoms with Gasteiger partial charge >= 0.3 is 0 Å². The number of hydrogen-bond acceptors (Lipinski definition) is 4. The molecule has 0 aromatic heterocycles. The minimum absolute atomic E-state index is 0.0947. The number of nitrogens with zero attached hydrogens (tertiary/aromatic N) is 2. The number of piperidine rings is 2. The number of hydrogen-bond donors (Lipinski definition) is 1. The van der Waals surface area contributed by atoms with Crippen LogP contribution in [0.1, 0.15) is 50.1 Å². The highest BCUT2D eigenvalue weighted by Crippen LogP contribution is 2.26. The van der Waals surface area contributed by atoms with E-state index < -0.39 is 0 Å². The maximum Gasteiger partial charge on any atom is 0.237 e. The monoisotopic (exact) mass is 383 g/mol. The van der Waals surface area contributed by atoms with Crippen LogP contribution in [0.2, 0.25) is 0 Å². The average Bonchev–Trinajstić information content (AvgIpc) is 2.75. The maximum absolute atomic E-state index is 12.9. The Kier molecular flexibility index (Phi) is 7.76. The number of terminal acetylenes is 1. The second-order valence-corrected chi connectivity index (χ2v) is 7.82. The van der Waals surface area contributed by atoms with Crippen molar-refractivity contribution in [3.63, 3.8) is 0 Å². The summed E-state index contributed by atoms with van der Waals surface area (Å²) in [4.78, 5) is 17.6. The summed E-state index contributed by atoms with van der Waals surface area (Å²) in [5, 5.41) is 3.24. The zero-order valence-corrected chi connectivity index (χ0v) is 17.0. The van der Waals surface area contributed by atoms with Gasteiger partial charge in [-0.05, 0) is 63.0 Å². The molecule has 28 heavy (non-hydrogen) atoms. The second-order valence-electron chi connectivity index (χ2n) is 7.82. The lowest BCUT2D eigenvalue weighted by Gasteiger charge is -2.37. The molecule has 3 rings (SSSR count). The quantitative estimate of drug-likeness (QED) is 0.736. The third-order valence-corrected chi connectivity index (χ3v) is 6.01. The molecule has 0 aliphatic carbocycles. The molecular formula is C23H33N3O2. The summed E-state index contributed by atoms with van der Waals surface area (Å²) in [6.07, 6.45) is 12.3. The first-order valence-corrected chi connectivity index (χ1v) is 10.6. The molecule has 0 spiro atoms. The smallest absolute Gasteiger partial charge is 0.237 e. The zero-order chi connectivity index (χ0) is 19.8. The van der Waals surface area contributed by atoms with E-state index in [2.05, 4.69) is 33.2 Å². The van der Waals surface area contributed by atoms with Gasteiger partial charge in [0.1, 0.15) is 5.75 Å². The Morgan fingerprint density at radius 1 is 1.18 bits per heavy atom. The Morgan fingerprint density at radius 3 is 2.57 bits per heavy atom. The van der Waals surface area contributed by atoms with Crippen molar-refractivity contribution in [1.29, 1.82) is 0 Å². The van der Waals surface area contributed by atoms with Crippen molar-refractivity contribution in [2.45, 2.75) is 50.6 Å². The molecule has 152 valence electrons. The Labute approximate surface area is 169 Å². The topological polar surface area (TPSA) is 44.8 Å². The molecule has 2 atom stereocenters. The molecule has 2 aliphatic rings. The number of ether oxygens (including phenoxy) is 1. The summed E-state index contributed by atoms with van der Waals surface area (Å²) in [5.74, 6) is 3.68. The van der Waals surface area contributed by atoms with Crippen molar-refractivity contribution in [2.24, 2.45) is 0 Å². The van der Waals surface area contributed by atoms with Crippen LogP contribution in [0.25, 0.3) is 0 Å². The number of likely N-dealkylation sites (tertiary alicyclic amines) is 2. The predicted octanol–water partition coefficient (Wildman–Crippen LogP) is 2.83. The number of rotatable bonds is 7. The summed E-state index contributed by atoms with van der Waals surface area (Å²) >= 11 is 0. The Hall–Kier alpha value is -2.03. The lowest BCUT2D eigenvalue weighted by Crippen LogP contribution is -2.51. The van der Waals surface area contributed by atoms with E-state index in [9.17, 15) is 4.79 Å². The molecule has 1 amide bonds. The minimum Gasteiger partial charge on any atom is -0.497 e. The van der Waals surface area contributed by atoms with Gasteiger partial charge < -0.3 is 10.1 Å². The van der Waals surface area contributed by atoms with Gasteiger partial charge in [-0.1, -0.05) is 30.9 Å². The van der Waals surface area contributed by atoms with Gasteiger partial charge in [0.05, 0.1) is 25.7 Å². The van der Waals surface area contributed by atoms with Gasteiger partial charge in [0, 0.05) is 6.54 Å². The fourth-order valence-corrected chi connectivity index (χ4v) is 4.42. The number of carbonyl (C=O) groups is 1. The first-order chi connectivity index (χ1) is 13.7. The molecular weight excluding hydrogens is 350 g/mol. The van der Waals surface area contributed by atoms with E-state index in [1.54, 1.807) is 7.11 Å². The summed E-state index contributed by atoms with van der Waals surface area (Å²) in [7, 11) is 1.68. The van der Waals surface area contributed by atoms with Gasteiger partial charge in [0.15, 0.2) is 0 Å². The SMILES string of the molecule is C#CCN1CCCCC1C(=O)NCC(c1ccc(OC)cc1)N1CCCCC1. The van der Waals surface area contributed by atoms with Gasteiger partial charge in [-0.3, -0.25) is 14.6 Å². The van der Waals surface area contributed by atoms with E-state index in [4.69, 9.17) is 11.2 Å². The summed E-state index contributed by atoms with van der Waals surface area (Å²) in [6, 6.07) is 8.35. The molecule has 2 aliphatic heterocycles. The fourth-order valence-electron chi connectivity index (χ4n) is 4.42. The van der Waals surface area contributed by atoms with Crippen molar-refractivity contribution in [3.05, 3.63) is 29.8 Å². The van der Waals surface area contributed by atoms with Crippen LogP contribution in [0.15, 0.2) is 24.3 Å². The van der Waals surface area contributed by atoms with Crippen LogP contribution in [-0.4, -0.2) is 61.6 Å². The standard InChI is InChI=1S/C23H33N3O2/c1-3-14-25-17-8-5-9-21(25)23(27)24-18-22(26-15-6-4-7-16-26)19-10-12-20(28-2)13-11-19/h1,10-13,21-22H,4-9,14-18H2,2H3,(H,24,27). The van der Waals surface area contributed by atoms with E-state index in [-0.39, 0.29) is 18.0 Å². The Bertz CT molecular complexity index is 661. The third-order valence-electron chi connectivity index (χ3n) is 6.01. The van der Waals surface area contributed by atoms with Crippen LogP contribution < -0.4 is 10.1 Å². The van der Waals surface area contributed by atoms with E-state index in [1.165, 1.54) is 24.8 Å². The van der Waals surface area contributed by atoms with Crippen molar-refractivity contribution in [1.82, 2.24) is 15.1 Å². The second kappa shape index (κ2) is 10.5. The molecule has 0 bridgehead atoms. The molecule has 5 nitrogen and oxygen atoms in total. The lowest BCUT2D eigenvalue weighted by molar-refractivity contribution is -0.127. The summed E-state index contributed by atoms with van der Waals surface area (Å²) < 4.78 is 5.30. The molecule has 0 saturated carbocycles. The highest BCUT2D eigenvalue weighted by atomic mass is 16.5. The number of methoxy groups -OCH3 is 1. The van der Waals surface area contributed by atoms with Crippen molar-refractivity contribution in [3.8, 4) is 18.1 Å². The molecule has 2 fully saturated rings. The highest BCUT2D eigenvalue weighted by Gasteiger charge is 2.29. The summed E-state index contributed by atoms with van der Waals surface area (Å²) in [5.41, 5.74) is 1.23. The fraction of sp³-hybridized carbons (Fsp3) is 0.609. The normalized spacial score (nSPS) is 22.2. The summed E-state index contributed by atoms with van der Waals surface area (Å²) in [6.45, 7) is 4.26. The first kappa shape index (κ1) is 20.7. The average molecular weight is 384 g/mol. The van der Waals surface area contributed by atoms with Crippen molar-refractivity contribution in [2.75, 3.05) is 39.8 Å². The van der Waals surface area contributed by atoms with Crippen LogP contribution in [-0.2, 0) is 4.79 Å². The third kappa shape index (κ3) is 5.27. The van der Waals surface area contributed by atoms with Gasteiger partial charge in [-0.2, -0.15) is 0 Å². The van der Waals surface area contributed by atoms with Crippen molar-refractivity contribution < 1.29 is 9.53 Å². The number of carbonyl (C=O) groups excluding carboxylic acids is 1. The molecule has 1 N–H and O–H groups in total. The molecule has 0 radical (unpaired) electrons. The molecule has 5 heteroatoms. The Morgan fingerprint density at radius 2 is 1.89 bits per heavy atom.